The minimum absolute atomic E-state index is 0.409. The van der Waals surface area contributed by atoms with Gasteiger partial charge in [-0.2, -0.15) is 0 Å². The molecule has 0 aliphatic rings. The maximum Gasteiger partial charge on any atom is 0.269 e. The van der Waals surface area contributed by atoms with Crippen LogP contribution in [0.2, 0.25) is 0 Å². The molecule has 0 unspecified atom stereocenters. The summed E-state index contributed by atoms with van der Waals surface area (Å²) < 4.78 is 11.3. The van der Waals surface area contributed by atoms with Crippen LogP contribution in [0.3, 0.4) is 0 Å². The Kier molecular flexibility index (Phi) is 7.46. The maximum absolute atomic E-state index is 12.1. The average Bonchev–Trinajstić information content (AvgIpc) is 2.65. The molecule has 0 aliphatic carbocycles. The number of benzene rings is 2. The Morgan fingerprint density at radius 3 is 2.46 bits per heavy atom. The highest BCUT2D eigenvalue weighted by atomic mass is 127. The lowest BCUT2D eigenvalue weighted by Gasteiger charge is -2.08. The normalized spacial score (nSPS) is 10.4. The first-order chi connectivity index (χ1) is 12.5. The van der Waals surface area contributed by atoms with E-state index in [-0.39, 0.29) is 0 Å². The van der Waals surface area contributed by atoms with Crippen molar-refractivity contribution >= 4 is 40.5 Å². The van der Waals surface area contributed by atoms with Crippen LogP contribution < -0.4 is 20.3 Å². The van der Waals surface area contributed by atoms with Gasteiger partial charge in [-0.1, -0.05) is 12.1 Å². The van der Waals surface area contributed by atoms with Crippen molar-refractivity contribution in [3.8, 4) is 11.5 Å². The minimum atomic E-state index is -0.435. The Balaban J connectivity index is 1.87. The third kappa shape index (κ3) is 5.76. The molecule has 2 aromatic carbocycles. The van der Waals surface area contributed by atoms with Gasteiger partial charge in [0.25, 0.3) is 11.8 Å². The van der Waals surface area contributed by atoms with Crippen molar-refractivity contribution in [2.24, 2.45) is 0 Å². The molecule has 0 aliphatic heterocycles. The van der Waals surface area contributed by atoms with Crippen molar-refractivity contribution in [2.45, 2.75) is 6.92 Å². The molecule has 0 spiro atoms. The molecule has 26 heavy (non-hydrogen) atoms. The Hall–Kier alpha value is -2.55. The van der Waals surface area contributed by atoms with Gasteiger partial charge in [0.2, 0.25) is 0 Å². The van der Waals surface area contributed by atoms with E-state index in [4.69, 9.17) is 9.47 Å². The van der Waals surface area contributed by atoms with Crippen LogP contribution in [0.15, 0.2) is 48.5 Å². The smallest absolute Gasteiger partial charge is 0.269 e. The minimum Gasteiger partial charge on any atom is -0.496 e. The molecule has 2 N–H and O–H groups in total. The number of carbonyl (C=O) groups is 2. The first-order valence-electron chi connectivity index (χ1n) is 7.88. The second-order valence-corrected chi connectivity index (χ2v) is 6.29. The van der Waals surface area contributed by atoms with Crippen molar-refractivity contribution in [1.29, 1.82) is 0 Å². The number of rotatable bonds is 6. The molecule has 0 atom stereocenters. The van der Waals surface area contributed by atoms with Gasteiger partial charge < -0.3 is 9.47 Å². The van der Waals surface area contributed by atoms with Crippen LogP contribution in [-0.4, -0.2) is 25.5 Å². The zero-order valence-electron chi connectivity index (χ0n) is 14.4. The number of methoxy groups -OCH3 is 1. The molecule has 7 heteroatoms. The van der Waals surface area contributed by atoms with Gasteiger partial charge in [-0.3, -0.25) is 20.4 Å². The number of hydrogen-bond donors (Lipinski definition) is 2. The molecule has 0 saturated heterocycles. The Morgan fingerprint density at radius 1 is 1.12 bits per heavy atom. The highest BCUT2D eigenvalue weighted by Gasteiger charge is 2.09. The van der Waals surface area contributed by atoms with Gasteiger partial charge >= 0.3 is 0 Å². The highest BCUT2D eigenvalue weighted by Crippen LogP contribution is 2.21. The van der Waals surface area contributed by atoms with Gasteiger partial charge in [0, 0.05) is 11.6 Å². The van der Waals surface area contributed by atoms with E-state index in [1.807, 2.05) is 31.2 Å². The highest BCUT2D eigenvalue weighted by molar-refractivity contribution is 14.1. The monoisotopic (exact) mass is 466 g/mol. The third-order valence-electron chi connectivity index (χ3n) is 3.33. The van der Waals surface area contributed by atoms with E-state index in [1.165, 1.54) is 6.08 Å². The lowest BCUT2D eigenvalue weighted by molar-refractivity contribution is -0.117. The molecule has 0 saturated carbocycles. The molecule has 2 aromatic rings. The van der Waals surface area contributed by atoms with Gasteiger partial charge in [-0.25, -0.2) is 0 Å². The molecule has 0 aromatic heterocycles. The Bertz CT molecular complexity index is 804. The SMILES string of the molecule is CCOc1ccc(/C=C/C(=O)NNC(=O)c2ccc(OC)c(I)c2)cc1. The molecule has 0 heterocycles. The number of hydrazine groups is 1. The predicted octanol–water partition coefficient (Wildman–Crippen LogP) is 3.17. The number of halogens is 1. The molecule has 136 valence electrons. The van der Waals surface area contributed by atoms with Gasteiger partial charge in [-0.05, 0) is 71.5 Å². The number of ether oxygens (including phenoxy) is 2. The van der Waals surface area contributed by atoms with Crippen LogP contribution in [0.5, 0.6) is 11.5 Å². The molecule has 0 fully saturated rings. The average molecular weight is 466 g/mol. The van der Waals surface area contributed by atoms with E-state index in [1.54, 1.807) is 31.4 Å². The second kappa shape index (κ2) is 9.81. The fourth-order valence-electron chi connectivity index (χ4n) is 2.05. The van der Waals surface area contributed by atoms with Crippen molar-refractivity contribution in [3.63, 3.8) is 0 Å². The summed E-state index contributed by atoms with van der Waals surface area (Å²) in [5, 5.41) is 0. The van der Waals surface area contributed by atoms with Crippen molar-refractivity contribution in [2.75, 3.05) is 13.7 Å². The van der Waals surface area contributed by atoms with Crippen LogP contribution in [0, 0.1) is 3.57 Å². The lowest BCUT2D eigenvalue weighted by Crippen LogP contribution is -2.40. The number of amides is 2. The zero-order valence-corrected chi connectivity index (χ0v) is 16.6. The molecule has 0 bridgehead atoms. The van der Waals surface area contributed by atoms with Crippen LogP contribution in [0.4, 0.5) is 0 Å². The van der Waals surface area contributed by atoms with E-state index in [2.05, 4.69) is 33.4 Å². The summed E-state index contributed by atoms with van der Waals surface area (Å²) in [6.07, 6.45) is 2.99. The van der Waals surface area contributed by atoms with Crippen molar-refractivity contribution in [3.05, 3.63) is 63.2 Å². The first kappa shape index (κ1) is 19.8. The zero-order chi connectivity index (χ0) is 18.9. The Morgan fingerprint density at radius 2 is 1.85 bits per heavy atom. The van der Waals surface area contributed by atoms with Gasteiger partial charge in [0.15, 0.2) is 0 Å². The Labute approximate surface area is 165 Å². The van der Waals surface area contributed by atoms with Crippen molar-refractivity contribution < 1.29 is 19.1 Å². The van der Waals surface area contributed by atoms with Crippen molar-refractivity contribution in [1.82, 2.24) is 10.9 Å². The number of nitrogens with one attached hydrogen (secondary N) is 2. The number of hydrogen-bond acceptors (Lipinski definition) is 4. The van der Waals surface area contributed by atoms with Crippen LogP contribution in [-0.2, 0) is 4.79 Å². The molecule has 6 nitrogen and oxygen atoms in total. The van der Waals surface area contributed by atoms with Gasteiger partial charge in [0.1, 0.15) is 11.5 Å². The molecular weight excluding hydrogens is 447 g/mol. The molecule has 0 radical (unpaired) electrons. The second-order valence-electron chi connectivity index (χ2n) is 5.13. The van der Waals surface area contributed by atoms with E-state index in [0.717, 1.165) is 14.9 Å². The fraction of sp³-hybridized carbons (Fsp3) is 0.158. The number of carbonyl (C=O) groups excluding carboxylic acids is 2. The lowest BCUT2D eigenvalue weighted by atomic mass is 10.2. The van der Waals surface area contributed by atoms with E-state index in [9.17, 15) is 9.59 Å². The molecule has 2 rings (SSSR count). The topological polar surface area (TPSA) is 76.7 Å². The summed E-state index contributed by atoms with van der Waals surface area (Å²) >= 11 is 2.08. The van der Waals surface area contributed by atoms with Crippen LogP contribution >= 0.6 is 22.6 Å². The van der Waals surface area contributed by atoms with Gasteiger partial charge in [-0.15, -0.1) is 0 Å². The summed E-state index contributed by atoms with van der Waals surface area (Å²) in [7, 11) is 1.56. The first-order valence-corrected chi connectivity index (χ1v) is 8.96. The maximum atomic E-state index is 12.1. The van der Waals surface area contributed by atoms with Crippen LogP contribution in [0.25, 0.3) is 6.08 Å². The summed E-state index contributed by atoms with van der Waals surface area (Å²) in [6, 6.07) is 12.3. The quantitative estimate of drug-likeness (QED) is 0.390. The third-order valence-corrected chi connectivity index (χ3v) is 4.17. The van der Waals surface area contributed by atoms with Crippen LogP contribution in [0.1, 0.15) is 22.8 Å². The summed E-state index contributed by atoms with van der Waals surface area (Å²) in [5.41, 5.74) is 5.99. The molecular formula is C19H19IN2O4. The van der Waals surface area contributed by atoms with E-state index < -0.39 is 11.8 Å². The summed E-state index contributed by atoms with van der Waals surface area (Å²) in [4.78, 5) is 23.9. The summed E-state index contributed by atoms with van der Waals surface area (Å²) in [5.74, 6) is 0.615. The predicted molar refractivity (Wildman–Crippen MR) is 108 cm³/mol. The fourth-order valence-corrected chi connectivity index (χ4v) is 2.79. The molecule has 2 amide bonds. The standard InChI is InChI=1S/C19H19IN2O4/c1-3-26-15-8-4-13(5-9-15)6-11-18(23)21-22-19(24)14-7-10-17(25-2)16(20)12-14/h4-12H,3H2,1-2H3,(H,21,23)(H,22,24)/b11-6+. The summed E-state index contributed by atoms with van der Waals surface area (Å²) in [6.45, 7) is 2.52. The van der Waals surface area contributed by atoms with Gasteiger partial charge in [0.05, 0.1) is 17.3 Å². The van der Waals surface area contributed by atoms with E-state index >= 15 is 0 Å². The van der Waals surface area contributed by atoms with E-state index in [0.29, 0.717) is 17.9 Å². The largest absolute Gasteiger partial charge is 0.496 e.